The third-order valence-electron chi connectivity index (χ3n) is 3.68. The zero-order valence-electron chi connectivity index (χ0n) is 16.1. The summed E-state index contributed by atoms with van der Waals surface area (Å²) in [4.78, 5) is 23.5. The van der Waals surface area contributed by atoms with Crippen molar-refractivity contribution < 1.29 is 45.8 Å². The molecule has 13 heteroatoms. The molecular weight excluding hydrogens is 533 g/mol. The van der Waals surface area contributed by atoms with Crippen molar-refractivity contribution in [2.45, 2.75) is 6.18 Å². The molecule has 0 amide bonds. The fourth-order valence-corrected chi connectivity index (χ4v) is 3.11. The molecule has 0 saturated carbocycles. The van der Waals surface area contributed by atoms with E-state index >= 15 is 0 Å². The summed E-state index contributed by atoms with van der Waals surface area (Å²) in [6.45, 7) is 0. The fraction of sp³-hybridized carbons (Fsp3) is 0.158. The molecule has 2 aromatic carbocycles. The van der Waals surface area contributed by atoms with Gasteiger partial charge in [0.2, 0.25) is 0 Å². The number of benzene rings is 2. The van der Waals surface area contributed by atoms with Gasteiger partial charge < -0.3 is 19.5 Å². The number of ether oxygens (including phenoxy) is 3. The molecule has 0 unspecified atom stereocenters. The minimum Gasteiger partial charge on any atom is -0.466 e. The normalized spacial score (nSPS) is 11.7. The number of carbonyl (C=O) groups excluding carboxylic acids is 2. The molecule has 0 heterocycles. The van der Waals surface area contributed by atoms with Gasteiger partial charge in [-0.25, -0.2) is 18.4 Å². The van der Waals surface area contributed by atoms with Gasteiger partial charge in [0.05, 0.1) is 36.6 Å². The average Bonchev–Trinajstić information content (AvgIpc) is 2.69. The Morgan fingerprint density at radius 1 is 1.03 bits per heavy atom. The second-order valence-corrected chi connectivity index (χ2v) is 7.15. The number of rotatable bonds is 6. The summed E-state index contributed by atoms with van der Waals surface area (Å²) in [7, 11) is 2.07. The number of nitrogens with one attached hydrogen (secondary N) is 1. The quantitative estimate of drug-likeness (QED) is 0.280. The Labute approximate surface area is 191 Å². The third kappa shape index (κ3) is 6.10. The summed E-state index contributed by atoms with van der Waals surface area (Å²) in [5, 5.41) is 2.21. The van der Waals surface area contributed by atoms with Gasteiger partial charge in [0.25, 0.3) is 0 Å². The molecular formula is C19H12BrClF5NO5. The lowest BCUT2D eigenvalue weighted by atomic mass is 10.2. The zero-order chi connectivity index (χ0) is 24.2. The van der Waals surface area contributed by atoms with Gasteiger partial charge in [0.1, 0.15) is 5.70 Å². The summed E-state index contributed by atoms with van der Waals surface area (Å²) in [5.41, 5.74) is -2.22. The zero-order valence-corrected chi connectivity index (χ0v) is 18.4. The van der Waals surface area contributed by atoms with E-state index in [1.54, 1.807) is 0 Å². The Morgan fingerprint density at radius 2 is 1.62 bits per heavy atom. The molecule has 0 aliphatic rings. The molecule has 32 heavy (non-hydrogen) atoms. The van der Waals surface area contributed by atoms with Crippen molar-refractivity contribution in [3.63, 3.8) is 0 Å². The average molecular weight is 545 g/mol. The number of methoxy groups -OCH3 is 2. The number of carbonyl (C=O) groups is 2. The number of halogens is 7. The summed E-state index contributed by atoms with van der Waals surface area (Å²) < 4.78 is 81.2. The molecule has 0 saturated heterocycles. The Morgan fingerprint density at radius 3 is 2.12 bits per heavy atom. The third-order valence-corrected chi connectivity index (χ3v) is 4.41. The van der Waals surface area contributed by atoms with Crippen LogP contribution in [0.25, 0.3) is 0 Å². The van der Waals surface area contributed by atoms with Crippen LogP contribution in [0.3, 0.4) is 0 Å². The van der Waals surface area contributed by atoms with Gasteiger partial charge in [-0.2, -0.15) is 13.2 Å². The van der Waals surface area contributed by atoms with Gasteiger partial charge in [0.15, 0.2) is 23.1 Å². The molecule has 0 aromatic heterocycles. The number of hydrogen-bond acceptors (Lipinski definition) is 6. The number of esters is 2. The van der Waals surface area contributed by atoms with Gasteiger partial charge in [-0.15, -0.1) is 0 Å². The highest BCUT2D eigenvalue weighted by atomic mass is 79.9. The molecule has 0 spiro atoms. The lowest BCUT2D eigenvalue weighted by Gasteiger charge is -2.17. The van der Waals surface area contributed by atoms with Gasteiger partial charge in [-0.3, -0.25) is 0 Å². The van der Waals surface area contributed by atoms with Gasteiger partial charge in [-0.05, 0) is 24.3 Å². The first kappa shape index (κ1) is 25.4. The van der Waals surface area contributed by atoms with Crippen LogP contribution in [0.4, 0.5) is 27.6 Å². The van der Waals surface area contributed by atoms with Crippen LogP contribution in [0.1, 0.15) is 5.56 Å². The Balaban J connectivity index is 2.56. The van der Waals surface area contributed by atoms with Gasteiger partial charge >= 0.3 is 18.1 Å². The van der Waals surface area contributed by atoms with E-state index in [-0.39, 0.29) is 22.8 Å². The van der Waals surface area contributed by atoms with Crippen molar-refractivity contribution in [1.29, 1.82) is 0 Å². The first-order valence-electron chi connectivity index (χ1n) is 8.25. The minimum absolute atomic E-state index is 0.0509. The second kappa shape index (κ2) is 10.2. The van der Waals surface area contributed by atoms with E-state index in [0.717, 1.165) is 20.3 Å². The van der Waals surface area contributed by atoms with Crippen molar-refractivity contribution in [1.82, 2.24) is 0 Å². The van der Waals surface area contributed by atoms with Crippen LogP contribution in [-0.2, 0) is 25.2 Å². The molecule has 0 aliphatic heterocycles. The fourth-order valence-electron chi connectivity index (χ4n) is 2.26. The van der Waals surface area contributed by atoms with E-state index in [0.29, 0.717) is 4.47 Å². The smallest absolute Gasteiger partial charge is 0.416 e. The molecule has 2 rings (SSSR count). The van der Waals surface area contributed by atoms with E-state index in [1.807, 2.05) is 0 Å². The summed E-state index contributed by atoms with van der Waals surface area (Å²) >= 11 is 9.20. The van der Waals surface area contributed by atoms with Crippen molar-refractivity contribution in [2.24, 2.45) is 0 Å². The molecule has 0 atom stereocenters. The molecule has 0 bridgehead atoms. The maximum Gasteiger partial charge on any atom is 0.416 e. The predicted octanol–water partition coefficient (Wildman–Crippen LogP) is 5.83. The first-order chi connectivity index (χ1) is 14.9. The highest BCUT2D eigenvalue weighted by Gasteiger charge is 2.33. The van der Waals surface area contributed by atoms with Gasteiger partial charge in [-0.1, -0.05) is 27.5 Å². The summed E-state index contributed by atoms with van der Waals surface area (Å²) in [6, 6.07) is 2.61. The number of alkyl halides is 3. The van der Waals surface area contributed by atoms with Crippen LogP contribution < -0.4 is 10.1 Å². The minimum atomic E-state index is -4.99. The van der Waals surface area contributed by atoms with Crippen molar-refractivity contribution in [3.05, 3.63) is 62.7 Å². The van der Waals surface area contributed by atoms with Crippen LogP contribution in [0, 0.1) is 11.6 Å². The van der Waals surface area contributed by atoms with E-state index in [4.69, 9.17) is 16.3 Å². The van der Waals surface area contributed by atoms with E-state index in [2.05, 4.69) is 30.7 Å². The van der Waals surface area contributed by atoms with Crippen molar-refractivity contribution in [3.8, 4) is 11.5 Å². The summed E-state index contributed by atoms with van der Waals surface area (Å²) in [6.07, 6.45) is -4.26. The van der Waals surface area contributed by atoms with E-state index < -0.39 is 52.5 Å². The first-order valence-corrected chi connectivity index (χ1v) is 9.42. The molecule has 1 N–H and O–H groups in total. The highest BCUT2D eigenvalue weighted by molar-refractivity contribution is 9.10. The Kier molecular flexibility index (Phi) is 8.07. The number of anilines is 1. The van der Waals surface area contributed by atoms with Crippen molar-refractivity contribution >= 4 is 45.2 Å². The van der Waals surface area contributed by atoms with Crippen LogP contribution in [0.2, 0.25) is 5.02 Å². The van der Waals surface area contributed by atoms with Crippen LogP contribution in [-0.4, -0.2) is 26.2 Å². The molecule has 2 aromatic rings. The van der Waals surface area contributed by atoms with Crippen LogP contribution in [0.15, 0.2) is 40.5 Å². The Hall–Kier alpha value is -2.86. The molecule has 0 fully saturated rings. The van der Waals surface area contributed by atoms with E-state index in [9.17, 15) is 31.5 Å². The number of hydrogen-bond donors (Lipinski definition) is 1. The van der Waals surface area contributed by atoms with Crippen molar-refractivity contribution in [2.75, 3.05) is 19.5 Å². The standard InChI is InChI=1S/C19H12BrClF5NO5/c1-30-15(28)7-14(18(29)31-2)27-13-6-9(20)5-10(21)16(13)32-17-11(22)3-8(4-12(17)23)19(24,25)26/h3-7,27H,1-2H3/b14-7+. The van der Waals surface area contributed by atoms with E-state index in [1.165, 1.54) is 12.1 Å². The largest absolute Gasteiger partial charge is 0.466 e. The highest BCUT2D eigenvalue weighted by Crippen LogP contribution is 2.42. The maximum atomic E-state index is 14.2. The monoisotopic (exact) mass is 543 g/mol. The maximum absolute atomic E-state index is 14.2. The van der Waals surface area contributed by atoms with Crippen LogP contribution in [0.5, 0.6) is 11.5 Å². The van der Waals surface area contributed by atoms with Gasteiger partial charge in [0, 0.05) is 4.47 Å². The van der Waals surface area contributed by atoms with Crippen LogP contribution >= 0.6 is 27.5 Å². The molecule has 172 valence electrons. The molecule has 0 aliphatic carbocycles. The SMILES string of the molecule is COC(=O)/C=C(/Nc1cc(Br)cc(Cl)c1Oc1c(F)cc(C(F)(F)F)cc1F)C(=O)OC. The molecule has 6 nitrogen and oxygen atoms in total. The topological polar surface area (TPSA) is 73.9 Å². The Bertz CT molecular complexity index is 1070. The molecule has 0 radical (unpaired) electrons. The lowest BCUT2D eigenvalue weighted by molar-refractivity contribution is -0.138. The second-order valence-electron chi connectivity index (χ2n) is 5.83. The lowest BCUT2D eigenvalue weighted by Crippen LogP contribution is -2.16. The summed E-state index contributed by atoms with van der Waals surface area (Å²) in [5.74, 6) is -6.92. The predicted molar refractivity (Wildman–Crippen MR) is 106 cm³/mol.